The molecule has 0 fully saturated rings. The maximum absolute atomic E-state index is 5.53. The first-order chi connectivity index (χ1) is 10.8. The fourth-order valence-corrected chi connectivity index (χ4v) is 3.52. The van der Waals surface area contributed by atoms with Crippen LogP contribution in [0.2, 0.25) is 0 Å². The summed E-state index contributed by atoms with van der Waals surface area (Å²) >= 11 is 3.66. The van der Waals surface area contributed by atoms with Crippen LogP contribution in [0.5, 0.6) is 0 Å². The van der Waals surface area contributed by atoms with E-state index in [1.165, 1.54) is 77.2 Å². The van der Waals surface area contributed by atoms with Crippen molar-refractivity contribution < 1.29 is 0 Å². The Morgan fingerprint density at radius 3 is 1.91 bits per heavy atom. The molecule has 0 saturated heterocycles. The molecule has 1 rings (SSSR count). The lowest BCUT2D eigenvalue weighted by atomic mass is 10.1. The van der Waals surface area contributed by atoms with Crippen LogP contribution in [0.3, 0.4) is 0 Å². The van der Waals surface area contributed by atoms with Crippen LogP contribution in [-0.2, 0) is 0 Å². The van der Waals surface area contributed by atoms with Crippen LogP contribution < -0.4 is 11.5 Å². The Morgan fingerprint density at radius 2 is 1.27 bits per heavy atom. The summed E-state index contributed by atoms with van der Waals surface area (Å²) in [4.78, 5) is 2.48. The first kappa shape index (κ1) is 19.8. The average Bonchev–Trinajstić information content (AvgIpc) is 2.87. The van der Waals surface area contributed by atoms with E-state index in [1.807, 2.05) is 0 Å². The molecule has 1 atom stereocenters. The zero-order valence-electron chi connectivity index (χ0n) is 14.1. The topological polar surface area (TPSA) is 58.5 Å². The molecule has 0 aromatic rings. The monoisotopic (exact) mass is 374 g/mol. The molecule has 0 radical (unpaired) electrons. The van der Waals surface area contributed by atoms with Gasteiger partial charge in [-0.05, 0) is 45.2 Å². The van der Waals surface area contributed by atoms with Crippen molar-refractivity contribution >= 4 is 16.1 Å². The maximum atomic E-state index is 5.53. The molecule has 0 aromatic heterocycles. The fourth-order valence-electron chi connectivity index (χ4n) is 2.97. The third-order valence-corrected chi connectivity index (χ3v) is 5.06. The molecule has 0 aromatic carbocycles. The summed E-state index contributed by atoms with van der Waals surface area (Å²) in [6.45, 7) is 2.83. The first-order valence-electron chi connectivity index (χ1n) is 9.08. The Kier molecular flexibility index (Phi) is 11.9. The zero-order chi connectivity index (χ0) is 16.0. The maximum Gasteiger partial charge on any atom is 0.111 e. The van der Waals surface area contributed by atoms with Crippen LogP contribution in [0.15, 0.2) is 12.4 Å². The van der Waals surface area contributed by atoms with Crippen LogP contribution in [0.25, 0.3) is 0 Å². The van der Waals surface area contributed by atoms with Crippen molar-refractivity contribution in [3.63, 3.8) is 0 Å². The van der Waals surface area contributed by atoms with Gasteiger partial charge in [0.1, 0.15) is 6.17 Å². The predicted octanol–water partition coefficient (Wildman–Crippen LogP) is 3.92. The Labute approximate surface area is 145 Å². The van der Waals surface area contributed by atoms with E-state index in [2.05, 4.69) is 37.4 Å². The van der Waals surface area contributed by atoms with Crippen molar-refractivity contribution in [2.24, 2.45) is 11.5 Å². The molecule has 5 heteroatoms. The van der Waals surface area contributed by atoms with Crippen molar-refractivity contribution in [3.8, 4) is 0 Å². The highest BCUT2D eigenvalue weighted by atomic mass is 79.9. The minimum atomic E-state index is 0.499. The van der Waals surface area contributed by atoms with Crippen molar-refractivity contribution in [1.29, 1.82) is 0 Å². The van der Waals surface area contributed by atoms with Gasteiger partial charge in [0.25, 0.3) is 0 Å². The van der Waals surface area contributed by atoms with Gasteiger partial charge in [-0.2, -0.15) is 0 Å². The Morgan fingerprint density at radius 1 is 0.727 bits per heavy atom. The second-order valence-corrected chi connectivity index (χ2v) is 7.08. The van der Waals surface area contributed by atoms with Crippen LogP contribution >= 0.6 is 16.1 Å². The molecule has 0 saturated carbocycles. The molecule has 0 aliphatic carbocycles. The second-order valence-electron chi connectivity index (χ2n) is 6.26. The van der Waals surface area contributed by atoms with E-state index >= 15 is 0 Å². The molecular formula is C17H35BrN4. The van der Waals surface area contributed by atoms with Crippen molar-refractivity contribution in [1.82, 2.24) is 8.83 Å². The zero-order valence-corrected chi connectivity index (χ0v) is 15.6. The number of hydrogen-bond donors (Lipinski definition) is 2. The summed E-state index contributed by atoms with van der Waals surface area (Å²) in [6, 6.07) is 0. The minimum Gasteiger partial charge on any atom is -0.355 e. The van der Waals surface area contributed by atoms with Crippen molar-refractivity contribution in [3.05, 3.63) is 12.4 Å². The lowest BCUT2D eigenvalue weighted by molar-refractivity contribution is 0.207. The van der Waals surface area contributed by atoms with Gasteiger partial charge in [0.15, 0.2) is 0 Å². The minimum absolute atomic E-state index is 0.499. The SMILES string of the molecule is NCCCCCCCC1N(Br)C=CN1CCCCCCCN. The molecule has 4 nitrogen and oxygen atoms in total. The Balaban J connectivity index is 2.09. The standard InChI is InChI=1S/C17H35BrN4/c18-22-16-15-21(14-10-6-2-5-9-13-20)17(22)11-7-3-1-4-8-12-19/h15-17H,1-14,19-20H2. The first-order valence-corrected chi connectivity index (χ1v) is 9.79. The molecule has 0 amide bonds. The molecule has 1 aliphatic heterocycles. The summed E-state index contributed by atoms with van der Waals surface area (Å²) in [5.74, 6) is 0. The van der Waals surface area contributed by atoms with E-state index in [9.17, 15) is 0 Å². The van der Waals surface area contributed by atoms with Gasteiger partial charge in [-0.15, -0.1) is 0 Å². The van der Waals surface area contributed by atoms with Gasteiger partial charge in [-0.3, -0.25) is 3.93 Å². The van der Waals surface area contributed by atoms with Crippen LogP contribution in [0, 0.1) is 0 Å². The summed E-state index contributed by atoms with van der Waals surface area (Å²) < 4.78 is 2.18. The smallest absolute Gasteiger partial charge is 0.111 e. The molecular weight excluding hydrogens is 340 g/mol. The van der Waals surface area contributed by atoms with E-state index in [0.29, 0.717) is 6.17 Å². The van der Waals surface area contributed by atoms with Gasteiger partial charge >= 0.3 is 0 Å². The van der Waals surface area contributed by atoms with Gasteiger partial charge in [-0.25, -0.2) is 0 Å². The van der Waals surface area contributed by atoms with E-state index in [-0.39, 0.29) is 0 Å². The van der Waals surface area contributed by atoms with Gasteiger partial charge in [0, 0.05) is 18.9 Å². The molecule has 1 aliphatic rings. The van der Waals surface area contributed by atoms with Gasteiger partial charge in [0.2, 0.25) is 0 Å². The highest BCUT2D eigenvalue weighted by Gasteiger charge is 2.23. The summed E-state index contributed by atoms with van der Waals surface area (Å²) in [6.07, 6.45) is 18.9. The fraction of sp³-hybridized carbons (Fsp3) is 0.882. The highest BCUT2D eigenvalue weighted by molar-refractivity contribution is 9.07. The van der Waals surface area contributed by atoms with Gasteiger partial charge in [-0.1, -0.05) is 38.5 Å². The van der Waals surface area contributed by atoms with E-state index in [4.69, 9.17) is 11.5 Å². The number of unbranched alkanes of at least 4 members (excludes halogenated alkanes) is 8. The largest absolute Gasteiger partial charge is 0.355 e. The summed E-state index contributed by atoms with van der Waals surface area (Å²) in [5.41, 5.74) is 11.1. The second kappa shape index (κ2) is 13.2. The van der Waals surface area contributed by atoms with E-state index in [1.54, 1.807) is 0 Å². The molecule has 1 unspecified atom stereocenters. The lowest BCUT2D eigenvalue weighted by Gasteiger charge is -2.29. The quantitative estimate of drug-likeness (QED) is 0.357. The highest BCUT2D eigenvalue weighted by Crippen LogP contribution is 2.25. The number of nitrogens with two attached hydrogens (primary N) is 2. The van der Waals surface area contributed by atoms with Crippen LogP contribution in [0.1, 0.15) is 70.6 Å². The normalized spacial score (nSPS) is 17.7. The van der Waals surface area contributed by atoms with Crippen LogP contribution in [0.4, 0.5) is 0 Å². The van der Waals surface area contributed by atoms with Crippen molar-refractivity contribution in [2.45, 2.75) is 76.8 Å². The lowest BCUT2D eigenvalue weighted by Crippen LogP contribution is -2.34. The van der Waals surface area contributed by atoms with Crippen molar-refractivity contribution in [2.75, 3.05) is 19.6 Å². The molecule has 0 spiro atoms. The third-order valence-electron chi connectivity index (χ3n) is 4.35. The third kappa shape index (κ3) is 8.39. The van der Waals surface area contributed by atoms with Gasteiger partial charge < -0.3 is 16.4 Å². The molecule has 1 heterocycles. The number of rotatable bonds is 14. The molecule has 0 bridgehead atoms. The van der Waals surface area contributed by atoms with Crippen LogP contribution in [-0.4, -0.2) is 34.6 Å². The number of hydrogen-bond acceptors (Lipinski definition) is 4. The Hall–Kier alpha value is -0.260. The molecule has 4 N–H and O–H groups in total. The molecule has 22 heavy (non-hydrogen) atoms. The van der Waals surface area contributed by atoms with Gasteiger partial charge in [0.05, 0.1) is 16.1 Å². The average molecular weight is 375 g/mol. The summed E-state index contributed by atoms with van der Waals surface area (Å²) in [7, 11) is 0. The molecule has 130 valence electrons. The number of halogens is 1. The predicted molar refractivity (Wildman–Crippen MR) is 99.3 cm³/mol. The van der Waals surface area contributed by atoms with E-state index < -0.39 is 0 Å². The summed E-state index contributed by atoms with van der Waals surface area (Å²) in [5, 5.41) is 0. The van der Waals surface area contributed by atoms with E-state index in [0.717, 1.165) is 13.1 Å². The number of nitrogens with zero attached hydrogens (tertiary/aromatic N) is 2. The Bertz CT molecular complexity index is 286.